The van der Waals surface area contributed by atoms with Gasteiger partial charge in [0.25, 0.3) is 0 Å². The van der Waals surface area contributed by atoms with Gasteiger partial charge in [-0.25, -0.2) is 9.78 Å². The first-order chi connectivity index (χ1) is 10.8. The maximum Gasteiger partial charge on any atom is 0.407 e. The molecule has 7 heteroatoms. The summed E-state index contributed by atoms with van der Waals surface area (Å²) in [5, 5.41) is 2.94. The van der Waals surface area contributed by atoms with Gasteiger partial charge in [0.1, 0.15) is 10.2 Å². The Kier molecular flexibility index (Phi) is 5.73. The molecule has 1 N–H and O–H groups in total. The van der Waals surface area contributed by atoms with Gasteiger partial charge >= 0.3 is 6.09 Å². The van der Waals surface area contributed by atoms with Gasteiger partial charge in [0.15, 0.2) is 11.6 Å². The molecular formula is C16H24BrN3O3. The summed E-state index contributed by atoms with van der Waals surface area (Å²) in [6, 6.07) is 3.77. The molecule has 0 saturated carbocycles. The molecule has 0 spiro atoms. The molecule has 23 heavy (non-hydrogen) atoms. The lowest BCUT2D eigenvalue weighted by Gasteiger charge is -2.34. The van der Waals surface area contributed by atoms with Gasteiger partial charge in [-0.3, -0.25) is 0 Å². The summed E-state index contributed by atoms with van der Waals surface area (Å²) >= 11 is 3.40. The predicted octanol–water partition coefficient (Wildman–Crippen LogP) is 3.35. The number of methoxy groups -OCH3 is 1. The molecule has 0 aliphatic carbocycles. The smallest absolute Gasteiger partial charge is 0.407 e. The molecule has 6 nitrogen and oxygen atoms in total. The average molecular weight is 386 g/mol. The molecule has 1 aromatic rings. The number of alkyl carbamates (subject to hydrolysis) is 1. The predicted molar refractivity (Wildman–Crippen MR) is 93.1 cm³/mol. The molecule has 0 aromatic carbocycles. The van der Waals surface area contributed by atoms with Gasteiger partial charge in [0, 0.05) is 19.1 Å². The van der Waals surface area contributed by atoms with Gasteiger partial charge in [0.05, 0.1) is 7.11 Å². The topological polar surface area (TPSA) is 63.7 Å². The summed E-state index contributed by atoms with van der Waals surface area (Å²) in [4.78, 5) is 18.6. The highest BCUT2D eigenvalue weighted by molar-refractivity contribution is 9.10. The van der Waals surface area contributed by atoms with Gasteiger partial charge in [-0.2, -0.15) is 0 Å². The van der Waals surface area contributed by atoms with Crippen molar-refractivity contribution in [2.45, 2.75) is 45.3 Å². The zero-order valence-electron chi connectivity index (χ0n) is 14.1. The summed E-state index contributed by atoms with van der Waals surface area (Å²) in [7, 11) is 1.63. The highest BCUT2D eigenvalue weighted by Gasteiger charge is 2.26. The monoisotopic (exact) mass is 385 g/mol. The minimum absolute atomic E-state index is 0.0316. The summed E-state index contributed by atoms with van der Waals surface area (Å²) in [6.45, 7) is 7.13. The van der Waals surface area contributed by atoms with E-state index in [9.17, 15) is 4.79 Å². The third-order valence-corrected chi connectivity index (χ3v) is 3.91. The number of piperidine rings is 1. The van der Waals surface area contributed by atoms with Gasteiger partial charge < -0.3 is 19.7 Å². The summed E-state index contributed by atoms with van der Waals surface area (Å²) in [5.41, 5.74) is -0.493. The maximum atomic E-state index is 11.9. The number of hydrogen-bond acceptors (Lipinski definition) is 5. The Morgan fingerprint density at radius 2 is 2.17 bits per heavy atom. The summed E-state index contributed by atoms with van der Waals surface area (Å²) < 4.78 is 11.5. The molecule has 128 valence electrons. The molecule has 1 atom stereocenters. The Bertz CT molecular complexity index is 560. The minimum atomic E-state index is -0.493. The molecule has 0 radical (unpaired) electrons. The SMILES string of the molecule is COc1ccc(Br)nc1N1CCC[C@H](NC(=O)OC(C)(C)C)C1. The Balaban J connectivity index is 2.04. The third-order valence-electron chi connectivity index (χ3n) is 3.47. The van der Waals surface area contributed by atoms with Crippen molar-refractivity contribution in [1.29, 1.82) is 0 Å². The number of carbonyl (C=O) groups excluding carboxylic acids is 1. The molecule has 1 amide bonds. The number of amides is 1. The van der Waals surface area contributed by atoms with Gasteiger partial charge in [0.2, 0.25) is 0 Å². The number of ether oxygens (including phenoxy) is 2. The van der Waals surface area contributed by atoms with E-state index in [0.29, 0.717) is 6.54 Å². The van der Waals surface area contributed by atoms with Crippen LogP contribution in [0.15, 0.2) is 16.7 Å². The van der Waals surface area contributed by atoms with E-state index < -0.39 is 5.60 Å². The Morgan fingerprint density at radius 3 is 2.83 bits per heavy atom. The van der Waals surface area contributed by atoms with E-state index in [-0.39, 0.29) is 12.1 Å². The Hall–Kier alpha value is -1.50. The number of anilines is 1. The van der Waals surface area contributed by atoms with Crippen molar-refractivity contribution in [1.82, 2.24) is 10.3 Å². The van der Waals surface area contributed by atoms with Crippen molar-refractivity contribution < 1.29 is 14.3 Å². The van der Waals surface area contributed by atoms with E-state index >= 15 is 0 Å². The molecule has 1 aromatic heterocycles. The second-order valence-corrected chi connectivity index (χ2v) is 7.40. The number of nitrogens with zero attached hydrogens (tertiary/aromatic N) is 2. The van der Waals surface area contributed by atoms with Gasteiger partial charge in [-0.1, -0.05) is 0 Å². The van der Waals surface area contributed by atoms with Crippen molar-refractivity contribution in [3.05, 3.63) is 16.7 Å². The highest BCUT2D eigenvalue weighted by Crippen LogP contribution is 2.30. The van der Waals surface area contributed by atoms with Crippen LogP contribution in [0.1, 0.15) is 33.6 Å². The second kappa shape index (κ2) is 7.38. The Labute approximate surface area is 145 Å². The molecule has 1 aliphatic heterocycles. The first-order valence-electron chi connectivity index (χ1n) is 7.73. The first-order valence-corrected chi connectivity index (χ1v) is 8.53. The summed E-state index contributed by atoms with van der Waals surface area (Å²) in [6.07, 6.45) is 1.52. The molecule has 0 bridgehead atoms. The van der Waals surface area contributed by atoms with Crippen LogP contribution >= 0.6 is 15.9 Å². The number of hydrogen-bond donors (Lipinski definition) is 1. The van der Waals surface area contributed by atoms with Crippen LogP contribution in [-0.4, -0.2) is 42.9 Å². The van der Waals surface area contributed by atoms with Crippen LogP contribution in [0, 0.1) is 0 Å². The lowest BCUT2D eigenvalue weighted by molar-refractivity contribution is 0.0500. The molecule has 1 fully saturated rings. The van der Waals surface area contributed by atoms with E-state index in [1.165, 1.54) is 0 Å². The lowest BCUT2D eigenvalue weighted by Crippen LogP contribution is -2.49. The Morgan fingerprint density at radius 1 is 1.43 bits per heavy atom. The van der Waals surface area contributed by atoms with Crippen molar-refractivity contribution >= 4 is 27.8 Å². The lowest BCUT2D eigenvalue weighted by atomic mass is 10.1. The fraction of sp³-hybridized carbons (Fsp3) is 0.625. The van der Waals surface area contributed by atoms with Crippen LogP contribution in [0.3, 0.4) is 0 Å². The van der Waals surface area contributed by atoms with E-state index in [0.717, 1.165) is 35.6 Å². The van der Waals surface area contributed by atoms with Crippen LogP contribution in [0.2, 0.25) is 0 Å². The molecular weight excluding hydrogens is 362 g/mol. The van der Waals surface area contributed by atoms with E-state index in [4.69, 9.17) is 9.47 Å². The van der Waals surface area contributed by atoms with Crippen molar-refractivity contribution in [2.75, 3.05) is 25.1 Å². The standard InChI is InChI=1S/C16H24BrN3O3/c1-16(2,3)23-15(21)18-11-6-5-9-20(10-11)14-12(22-4)7-8-13(17)19-14/h7-8,11H,5-6,9-10H2,1-4H3,(H,18,21)/t11-/m0/s1. The van der Waals surface area contributed by atoms with Crippen LogP contribution < -0.4 is 15.0 Å². The number of rotatable bonds is 3. The molecule has 2 heterocycles. The first kappa shape index (κ1) is 17.8. The number of aromatic nitrogens is 1. The fourth-order valence-corrected chi connectivity index (χ4v) is 2.86. The number of nitrogens with one attached hydrogen (secondary N) is 1. The number of pyridine rings is 1. The van der Waals surface area contributed by atoms with Crippen molar-refractivity contribution in [3.63, 3.8) is 0 Å². The highest BCUT2D eigenvalue weighted by atomic mass is 79.9. The van der Waals surface area contributed by atoms with Crippen LogP contribution in [-0.2, 0) is 4.74 Å². The zero-order chi connectivity index (χ0) is 17.0. The maximum absolute atomic E-state index is 11.9. The second-order valence-electron chi connectivity index (χ2n) is 6.59. The van der Waals surface area contributed by atoms with E-state index in [1.54, 1.807) is 7.11 Å². The molecule has 2 rings (SSSR count). The summed E-state index contributed by atoms with van der Waals surface area (Å²) in [5.74, 6) is 1.52. The number of carbonyl (C=O) groups is 1. The van der Waals surface area contributed by atoms with Gasteiger partial charge in [-0.15, -0.1) is 0 Å². The number of halogens is 1. The molecule has 1 aliphatic rings. The average Bonchev–Trinajstić information content (AvgIpc) is 2.45. The third kappa shape index (κ3) is 5.27. The minimum Gasteiger partial charge on any atom is -0.493 e. The quantitative estimate of drug-likeness (QED) is 0.808. The molecule has 0 unspecified atom stereocenters. The van der Waals surface area contributed by atoms with Crippen LogP contribution in [0.5, 0.6) is 5.75 Å². The van der Waals surface area contributed by atoms with Crippen molar-refractivity contribution in [2.24, 2.45) is 0 Å². The van der Waals surface area contributed by atoms with Crippen molar-refractivity contribution in [3.8, 4) is 5.75 Å². The van der Waals surface area contributed by atoms with E-state index in [2.05, 4.69) is 31.1 Å². The zero-order valence-corrected chi connectivity index (χ0v) is 15.6. The van der Waals surface area contributed by atoms with E-state index in [1.807, 2.05) is 32.9 Å². The van der Waals surface area contributed by atoms with Gasteiger partial charge in [-0.05, 0) is 61.7 Å². The normalized spacial score (nSPS) is 18.5. The largest absolute Gasteiger partial charge is 0.493 e. The van der Waals surface area contributed by atoms with Crippen LogP contribution in [0.4, 0.5) is 10.6 Å². The van der Waals surface area contributed by atoms with Crippen LogP contribution in [0.25, 0.3) is 0 Å². The molecule has 1 saturated heterocycles. The fourth-order valence-electron chi connectivity index (χ4n) is 2.56.